The Morgan fingerprint density at radius 2 is 2.06 bits per heavy atom. The fraction of sp³-hybridized carbons (Fsp3) is 0.462. The number of aliphatic carboxylic acids is 1. The summed E-state index contributed by atoms with van der Waals surface area (Å²) in [6.07, 6.45) is 0. The van der Waals surface area contributed by atoms with E-state index in [1.54, 1.807) is 0 Å². The number of carbonyl (C=O) groups is 1. The molecule has 0 heterocycles. The maximum atomic E-state index is 11.1. The first-order valence-corrected chi connectivity index (χ1v) is 6.14. The van der Waals surface area contributed by atoms with Gasteiger partial charge in [0, 0.05) is 10.4 Å². The summed E-state index contributed by atoms with van der Waals surface area (Å²) in [5, 5.41) is 9.17. The van der Waals surface area contributed by atoms with Gasteiger partial charge in [0.1, 0.15) is 0 Å². The van der Waals surface area contributed by atoms with Crippen LogP contribution in [0.2, 0.25) is 0 Å². The van der Waals surface area contributed by atoms with Crippen molar-refractivity contribution in [1.29, 1.82) is 0 Å². The Morgan fingerprint density at radius 1 is 1.44 bits per heavy atom. The molecule has 1 saturated carbocycles. The Morgan fingerprint density at radius 3 is 2.56 bits per heavy atom. The lowest BCUT2D eigenvalue weighted by atomic mass is 10.0. The van der Waals surface area contributed by atoms with Crippen molar-refractivity contribution in [3.8, 4) is 0 Å². The predicted molar refractivity (Wildman–Crippen MR) is 66.5 cm³/mol. The maximum Gasteiger partial charge on any atom is 0.307 e. The van der Waals surface area contributed by atoms with Gasteiger partial charge in [-0.3, -0.25) is 4.79 Å². The standard InChI is InChI=1S/C13H15BrO2/c1-7-4-5-9(14)8(6-7)10-11(12(15)16)13(10,2)3/h4-6,10-11H,1-3H3,(H,15,16). The highest BCUT2D eigenvalue weighted by Crippen LogP contribution is 2.65. The predicted octanol–water partition coefficient (Wildman–Crippen LogP) is 3.58. The van der Waals surface area contributed by atoms with Crippen LogP contribution >= 0.6 is 15.9 Å². The summed E-state index contributed by atoms with van der Waals surface area (Å²) in [6.45, 7) is 6.07. The summed E-state index contributed by atoms with van der Waals surface area (Å²) in [5.41, 5.74) is 2.16. The van der Waals surface area contributed by atoms with Crippen LogP contribution in [-0.2, 0) is 4.79 Å². The molecule has 1 aliphatic rings. The first kappa shape index (κ1) is 11.6. The van der Waals surface area contributed by atoms with E-state index < -0.39 is 5.97 Å². The lowest BCUT2D eigenvalue weighted by Gasteiger charge is -2.06. The molecule has 0 spiro atoms. The molecule has 1 fully saturated rings. The summed E-state index contributed by atoms with van der Waals surface area (Å²) >= 11 is 3.51. The Kier molecular flexibility index (Phi) is 2.61. The van der Waals surface area contributed by atoms with Gasteiger partial charge < -0.3 is 5.11 Å². The molecule has 0 aromatic heterocycles. The minimum atomic E-state index is -0.691. The molecule has 1 aliphatic carbocycles. The van der Waals surface area contributed by atoms with Crippen molar-refractivity contribution in [2.75, 3.05) is 0 Å². The second-order valence-electron chi connectivity index (χ2n) is 5.14. The molecule has 0 aliphatic heterocycles. The molecule has 1 aromatic carbocycles. The van der Waals surface area contributed by atoms with Gasteiger partial charge in [0.25, 0.3) is 0 Å². The van der Waals surface area contributed by atoms with Gasteiger partial charge in [0.05, 0.1) is 5.92 Å². The first-order chi connectivity index (χ1) is 7.35. The number of aryl methyl sites for hydroxylation is 1. The van der Waals surface area contributed by atoms with E-state index >= 15 is 0 Å². The monoisotopic (exact) mass is 282 g/mol. The van der Waals surface area contributed by atoms with Crippen molar-refractivity contribution >= 4 is 21.9 Å². The fourth-order valence-electron chi connectivity index (χ4n) is 2.58. The zero-order chi connectivity index (χ0) is 12.1. The number of hydrogen-bond donors (Lipinski definition) is 1. The summed E-state index contributed by atoms with van der Waals surface area (Å²) in [6, 6.07) is 6.11. The number of benzene rings is 1. The smallest absolute Gasteiger partial charge is 0.307 e. The highest BCUT2D eigenvalue weighted by atomic mass is 79.9. The van der Waals surface area contributed by atoms with Gasteiger partial charge >= 0.3 is 5.97 Å². The molecule has 16 heavy (non-hydrogen) atoms. The zero-order valence-electron chi connectivity index (χ0n) is 9.62. The van der Waals surface area contributed by atoms with Crippen molar-refractivity contribution in [3.63, 3.8) is 0 Å². The highest BCUT2D eigenvalue weighted by molar-refractivity contribution is 9.10. The van der Waals surface area contributed by atoms with Crippen LogP contribution in [-0.4, -0.2) is 11.1 Å². The Hall–Kier alpha value is -0.830. The van der Waals surface area contributed by atoms with E-state index in [2.05, 4.69) is 22.0 Å². The summed E-state index contributed by atoms with van der Waals surface area (Å²) in [7, 11) is 0. The van der Waals surface area contributed by atoms with Crippen molar-refractivity contribution in [3.05, 3.63) is 33.8 Å². The molecule has 2 atom stereocenters. The molecule has 0 radical (unpaired) electrons. The zero-order valence-corrected chi connectivity index (χ0v) is 11.2. The number of hydrogen-bond acceptors (Lipinski definition) is 1. The average Bonchev–Trinajstić information content (AvgIpc) is 2.73. The molecular formula is C13H15BrO2. The molecule has 0 saturated heterocycles. The molecule has 2 rings (SSSR count). The van der Waals surface area contributed by atoms with Crippen LogP contribution in [0.4, 0.5) is 0 Å². The molecule has 0 bridgehead atoms. The molecule has 1 N–H and O–H groups in total. The first-order valence-electron chi connectivity index (χ1n) is 5.34. The van der Waals surface area contributed by atoms with Crippen LogP contribution < -0.4 is 0 Å². The number of halogens is 1. The van der Waals surface area contributed by atoms with Crippen LogP contribution in [0.1, 0.15) is 30.9 Å². The molecule has 1 aromatic rings. The molecule has 86 valence electrons. The summed E-state index contributed by atoms with van der Waals surface area (Å²) in [5.74, 6) is -0.826. The average molecular weight is 283 g/mol. The fourth-order valence-corrected chi connectivity index (χ4v) is 3.07. The Balaban J connectivity index is 2.40. The Bertz CT molecular complexity index is 451. The molecule has 2 nitrogen and oxygen atoms in total. The second-order valence-corrected chi connectivity index (χ2v) is 5.99. The quantitative estimate of drug-likeness (QED) is 0.900. The third kappa shape index (κ3) is 1.67. The summed E-state index contributed by atoms with van der Waals surface area (Å²) < 4.78 is 1.01. The van der Waals surface area contributed by atoms with Crippen LogP contribution in [0.15, 0.2) is 22.7 Å². The van der Waals surface area contributed by atoms with E-state index in [0.29, 0.717) is 0 Å². The van der Waals surface area contributed by atoms with E-state index in [0.717, 1.165) is 10.0 Å². The molecule has 0 amide bonds. The van der Waals surface area contributed by atoms with Gasteiger partial charge in [-0.05, 0) is 24.0 Å². The van der Waals surface area contributed by atoms with Gasteiger partial charge in [0.2, 0.25) is 0 Å². The lowest BCUT2D eigenvalue weighted by Crippen LogP contribution is -2.03. The summed E-state index contributed by atoms with van der Waals surface area (Å²) in [4.78, 5) is 11.1. The van der Waals surface area contributed by atoms with Crippen molar-refractivity contribution in [2.24, 2.45) is 11.3 Å². The molecule has 3 heteroatoms. The third-order valence-electron chi connectivity index (χ3n) is 3.58. The van der Waals surface area contributed by atoms with Crippen molar-refractivity contribution in [2.45, 2.75) is 26.7 Å². The minimum Gasteiger partial charge on any atom is -0.481 e. The maximum absolute atomic E-state index is 11.1. The third-order valence-corrected chi connectivity index (χ3v) is 4.30. The SMILES string of the molecule is Cc1ccc(Br)c(C2C(C(=O)O)C2(C)C)c1. The highest BCUT2D eigenvalue weighted by Gasteiger charge is 2.63. The largest absolute Gasteiger partial charge is 0.481 e. The van der Waals surface area contributed by atoms with E-state index in [1.807, 2.05) is 32.9 Å². The van der Waals surface area contributed by atoms with Gasteiger partial charge in [-0.15, -0.1) is 0 Å². The van der Waals surface area contributed by atoms with Crippen LogP contribution in [0, 0.1) is 18.3 Å². The second kappa shape index (κ2) is 3.59. The number of rotatable bonds is 2. The van der Waals surface area contributed by atoms with Gasteiger partial charge in [-0.2, -0.15) is 0 Å². The number of carboxylic acid groups (broad SMARTS) is 1. The van der Waals surface area contributed by atoms with E-state index in [1.165, 1.54) is 5.56 Å². The van der Waals surface area contributed by atoms with Crippen LogP contribution in [0.3, 0.4) is 0 Å². The normalized spacial score (nSPS) is 26.5. The van der Waals surface area contributed by atoms with E-state index in [4.69, 9.17) is 5.11 Å². The van der Waals surface area contributed by atoms with Crippen molar-refractivity contribution in [1.82, 2.24) is 0 Å². The molecular weight excluding hydrogens is 268 g/mol. The van der Waals surface area contributed by atoms with E-state index in [9.17, 15) is 4.79 Å². The van der Waals surface area contributed by atoms with Gasteiger partial charge in [-0.25, -0.2) is 0 Å². The Labute approximate surface area is 104 Å². The molecule has 2 unspecified atom stereocenters. The van der Waals surface area contributed by atoms with Crippen LogP contribution in [0.25, 0.3) is 0 Å². The van der Waals surface area contributed by atoms with E-state index in [-0.39, 0.29) is 17.3 Å². The minimum absolute atomic E-state index is 0.124. The topological polar surface area (TPSA) is 37.3 Å². The number of carboxylic acids is 1. The van der Waals surface area contributed by atoms with Crippen LogP contribution in [0.5, 0.6) is 0 Å². The van der Waals surface area contributed by atoms with Gasteiger partial charge in [-0.1, -0.05) is 47.5 Å². The van der Waals surface area contributed by atoms with Gasteiger partial charge in [0.15, 0.2) is 0 Å². The lowest BCUT2D eigenvalue weighted by molar-refractivity contribution is -0.139. The van der Waals surface area contributed by atoms with Crippen molar-refractivity contribution < 1.29 is 9.90 Å².